The summed E-state index contributed by atoms with van der Waals surface area (Å²) in [5.74, 6) is 0.901. The lowest BCUT2D eigenvalue weighted by molar-refractivity contribution is -0.153. The van der Waals surface area contributed by atoms with Gasteiger partial charge >= 0.3 is 5.97 Å². The molecule has 0 spiro atoms. The first-order valence-electron chi connectivity index (χ1n) is 10.8. The van der Waals surface area contributed by atoms with E-state index >= 15 is 0 Å². The average Bonchev–Trinajstić information content (AvgIpc) is 2.72. The van der Waals surface area contributed by atoms with Crippen molar-refractivity contribution in [2.75, 3.05) is 13.2 Å². The zero-order valence-corrected chi connectivity index (χ0v) is 16.9. The van der Waals surface area contributed by atoms with Crippen LogP contribution in [0.3, 0.4) is 0 Å². The van der Waals surface area contributed by atoms with E-state index < -0.39 is 0 Å². The molecule has 152 valence electrons. The van der Waals surface area contributed by atoms with Gasteiger partial charge < -0.3 is 15.6 Å². The van der Waals surface area contributed by atoms with Crippen LogP contribution in [0.4, 0.5) is 0 Å². The van der Waals surface area contributed by atoms with Crippen LogP contribution in [0.5, 0.6) is 0 Å². The molecular formula is C23H37NO3. The standard InChI is InChI=1S/C23H37NO3/c1-2-22(26)27-23(21-14-10-19(17-24)11-15-21)20-12-8-18(9-13-20)7-5-3-4-6-16-25/h8-9,12-13,19,21,23,25H,2-7,10-11,14-17,24H2,1H3. The number of hydrogen-bond acceptors (Lipinski definition) is 4. The van der Waals surface area contributed by atoms with Crippen LogP contribution in [0.1, 0.15) is 81.9 Å². The summed E-state index contributed by atoms with van der Waals surface area (Å²) in [5.41, 5.74) is 8.27. The van der Waals surface area contributed by atoms with Gasteiger partial charge in [-0.15, -0.1) is 0 Å². The molecule has 0 heterocycles. The molecule has 0 aliphatic heterocycles. The molecule has 2 rings (SSSR count). The van der Waals surface area contributed by atoms with Crippen LogP contribution in [0.15, 0.2) is 24.3 Å². The lowest BCUT2D eigenvalue weighted by atomic mass is 9.77. The number of benzene rings is 1. The van der Waals surface area contributed by atoms with Crippen LogP contribution in [-0.2, 0) is 16.0 Å². The third kappa shape index (κ3) is 7.27. The van der Waals surface area contributed by atoms with E-state index in [0.29, 0.717) is 24.9 Å². The Hall–Kier alpha value is -1.39. The van der Waals surface area contributed by atoms with Crippen molar-refractivity contribution in [2.24, 2.45) is 17.6 Å². The Morgan fingerprint density at radius 1 is 1.11 bits per heavy atom. The van der Waals surface area contributed by atoms with Crippen molar-refractivity contribution < 1.29 is 14.6 Å². The second-order valence-electron chi connectivity index (χ2n) is 7.91. The summed E-state index contributed by atoms with van der Waals surface area (Å²) in [6.45, 7) is 2.91. The van der Waals surface area contributed by atoms with Gasteiger partial charge in [-0.2, -0.15) is 0 Å². The van der Waals surface area contributed by atoms with Gasteiger partial charge in [-0.1, -0.05) is 44.0 Å². The van der Waals surface area contributed by atoms with Crippen LogP contribution in [0.2, 0.25) is 0 Å². The molecule has 1 atom stereocenters. The number of carbonyl (C=O) groups excluding carboxylic acids is 1. The number of aliphatic hydroxyl groups excluding tert-OH is 1. The number of carbonyl (C=O) groups is 1. The quantitative estimate of drug-likeness (QED) is 0.440. The third-order valence-electron chi connectivity index (χ3n) is 5.88. The number of nitrogens with two attached hydrogens (primary N) is 1. The van der Waals surface area contributed by atoms with Crippen LogP contribution >= 0.6 is 0 Å². The fourth-order valence-corrected chi connectivity index (χ4v) is 4.06. The number of ether oxygens (including phenoxy) is 1. The number of aliphatic hydroxyl groups is 1. The van der Waals surface area contributed by atoms with Crippen molar-refractivity contribution in [3.63, 3.8) is 0 Å². The monoisotopic (exact) mass is 375 g/mol. The number of unbranched alkanes of at least 4 members (excludes halogenated alkanes) is 3. The number of aryl methyl sites for hydroxylation is 1. The van der Waals surface area contributed by atoms with E-state index in [1.54, 1.807) is 0 Å². The highest BCUT2D eigenvalue weighted by atomic mass is 16.5. The van der Waals surface area contributed by atoms with Crippen molar-refractivity contribution in [1.29, 1.82) is 0 Å². The first kappa shape index (κ1) is 21.9. The highest BCUT2D eigenvalue weighted by Crippen LogP contribution is 2.39. The van der Waals surface area contributed by atoms with Gasteiger partial charge in [0.15, 0.2) is 0 Å². The second-order valence-corrected chi connectivity index (χ2v) is 7.91. The Balaban J connectivity index is 1.97. The first-order valence-corrected chi connectivity index (χ1v) is 10.8. The Labute approximate surface area is 164 Å². The molecule has 1 aromatic rings. The van der Waals surface area contributed by atoms with E-state index in [2.05, 4.69) is 24.3 Å². The van der Waals surface area contributed by atoms with Crippen molar-refractivity contribution in [1.82, 2.24) is 0 Å². The minimum absolute atomic E-state index is 0.117. The molecule has 1 aromatic carbocycles. The molecule has 0 saturated heterocycles. The van der Waals surface area contributed by atoms with Crippen LogP contribution in [-0.4, -0.2) is 24.2 Å². The molecule has 0 amide bonds. The summed E-state index contributed by atoms with van der Waals surface area (Å²) in [5, 5.41) is 8.84. The van der Waals surface area contributed by atoms with Gasteiger partial charge in [-0.05, 0) is 68.5 Å². The Morgan fingerprint density at radius 2 is 1.78 bits per heavy atom. The maximum absolute atomic E-state index is 12.0. The van der Waals surface area contributed by atoms with Gasteiger partial charge in [0.05, 0.1) is 0 Å². The molecule has 1 fully saturated rings. The Bertz CT molecular complexity index is 535. The van der Waals surface area contributed by atoms with Gasteiger partial charge in [-0.25, -0.2) is 0 Å². The summed E-state index contributed by atoms with van der Waals surface area (Å²) in [4.78, 5) is 12.0. The van der Waals surface area contributed by atoms with Gasteiger partial charge in [0.1, 0.15) is 6.10 Å². The predicted octanol–water partition coefficient (Wildman–Crippen LogP) is 4.54. The highest BCUT2D eigenvalue weighted by molar-refractivity contribution is 5.69. The lowest BCUT2D eigenvalue weighted by Gasteiger charge is -2.33. The van der Waals surface area contributed by atoms with Gasteiger partial charge in [-0.3, -0.25) is 4.79 Å². The molecule has 27 heavy (non-hydrogen) atoms. The van der Waals surface area contributed by atoms with Crippen molar-refractivity contribution >= 4 is 5.97 Å². The van der Waals surface area contributed by atoms with E-state index in [-0.39, 0.29) is 12.1 Å². The number of rotatable bonds is 11. The SMILES string of the molecule is CCC(=O)OC(c1ccc(CCCCCCO)cc1)C1CCC(CN)CC1. The van der Waals surface area contributed by atoms with Crippen molar-refractivity contribution in [3.05, 3.63) is 35.4 Å². The maximum Gasteiger partial charge on any atom is 0.306 e. The van der Waals surface area contributed by atoms with Gasteiger partial charge in [0.25, 0.3) is 0 Å². The van der Waals surface area contributed by atoms with E-state index in [1.165, 1.54) is 5.56 Å². The topological polar surface area (TPSA) is 72.5 Å². The summed E-state index contributed by atoms with van der Waals surface area (Å²) in [6, 6.07) is 8.65. The molecule has 0 aromatic heterocycles. The third-order valence-corrected chi connectivity index (χ3v) is 5.88. The van der Waals surface area contributed by atoms with Gasteiger partial charge in [0.2, 0.25) is 0 Å². The largest absolute Gasteiger partial charge is 0.457 e. The zero-order valence-electron chi connectivity index (χ0n) is 16.9. The summed E-state index contributed by atoms with van der Waals surface area (Å²) in [7, 11) is 0. The van der Waals surface area contributed by atoms with Crippen molar-refractivity contribution in [2.45, 2.75) is 77.2 Å². The molecule has 1 unspecified atom stereocenters. The maximum atomic E-state index is 12.0. The molecule has 0 bridgehead atoms. The summed E-state index contributed by atoms with van der Waals surface area (Å²) in [6.07, 6.45) is 10.1. The van der Waals surface area contributed by atoms with E-state index in [9.17, 15) is 4.79 Å². The molecule has 3 N–H and O–H groups in total. The fourth-order valence-electron chi connectivity index (χ4n) is 4.06. The van der Waals surface area contributed by atoms with Gasteiger partial charge in [0, 0.05) is 18.9 Å². The first-order chi connectivity index (χ1) is 13.2. The fraction of sp³-hybridized carbons (Fsp3) is 0.696. The predicted molar refractivity (Wildman–Crippen MR) is 109 cm³/mol. The van der Waals surface area contributed by atoms with Crippen LogP contribution in [0, 0.1) is 11.8 Å². The normalized spacial score (nSPS) is 21.0. The Kier molecular flexibility index (Phi) is 9.85. The Morgan fingerprint density at radius 3 is 2.37 bits per heavy atom. The van der Waals surface area contributed by atoms with E-state index in [0.717, 1.165) is 69.9 Å². The molecule has 4 nitrogen and oxygen atoms in total. The zero-order chi connectivity index (χ0) is 19.5. The average molecular weight is 376 g/mol. The molecule has 1 aliphatic carbocycles. The smallest absolute Gasteiger partial charge is 0.306 e. The minimum atomic E-state index is -0.130. The minimum Gasteiger partial charge on any atom is -0.457 e. The molecular weight excluding hydrogens is 338 g/mol. The van der Waals surface area contributed by atoms with Crippen molar-refractivity contribution in [3.8, 4) is 0 Å². The number of hydrogen-bond donors (Lipinski definition) is 2. The molecule has 0 radical (unpaired) electrons. The summed E-state index contributed by atoms with van der Waals surface area (Å²) >= 11 is 0. The van der Waals surface area contributed by atoms with Crippen LogP contribution < -0.4 is 5.73 Å². The van der Waals surface area contributed by atoms with E-state index in [1.807, 2.05) is 6.92 Å². The summed E-state index contributed by atoms with van der Waals surface area (Å²) < 4.78 is 5.87. The lowest BCUT2D eigenvalue weighted by Crippen LogP contribution is -2.27. The van der Waals surface area contributed by atoms with E-state index in [4.69, 9.17) is 15.6 Å². The molecule has 4 heteroatoms. The molecule has 1 aliphatic rings. The highest BCUT2D eigenvalue weighted by Gasteiger charge is 2.30. The molecule has 1 saturated carbocycles. The second kappa shape index (κ2) is 12.1. The van der Waals surface area contributed by atoms with Crippen LogP contribution in [0.25, 0.3) is 0 Å². The number of esters is 1.